The van der Waals surface area contributed by atoms with Crippen LogP contribution < -0.4 is 10.6 Å². The molecule has 2 amide bonds. The third-order valence-corrected chi connectivity index (χ3v) is 17.3. The first-order valence-corrected chi connectivity index (χ1v) is 29.6. The molecule has 0 bridgehead atoms. The smallest absolute Gasteiger partial charge is 0.217 e. The molecule has 8 fully saturated rings. The Morgan fingerprint density at radius 1 is 0.286 bits per heavy atom. The molecule has 40 atom stereocenters. The van der Waals surface area contributed by atoms with E-state index in [9.17, 15) is 112 Å². The molecular formula is C52H88N2O37. The minimum absolute atomic E-state index is 0.825. The lowest BCUT2D eigenvalue weighted by atomic mass is 9.94. The number of rotatable bonds is 20. The highest BCUT2D eigenvalue weighted by molar-refractivity contribution is 5.73. The van der Waals surface area contributed by atoms with Gasteiger partial charge in [-0.25, -0.2) is 0 Å². The van der Waals surface area contributed by atoms with Crippen LogP contribution in [0.2, 0.25) is 0 Å². The maximum absolute atomic E-state index is 13.0. The number of aliphatic hydroxyl groups is 20. The van der Waals surface area contributed by atoms with Gasteiger partial charge in [0.1, 0.15) is 171 Å². The van der Waals surface area contributed by atoms with Crippen LogP contribution >= 0.6 is 0 Å². The van der Waals surface area contributed by atoms with Crippen LogP contribution in [0.1, 0.15) is 41.5 Å². The summed E-state index contributed by atoms with van der Waals surface area (Å²) in [6, 6.07) is -3.51. The summed E-state index contributed by atoms with van der Waals surface area (Å²) in [5.41, 5.74) is 0. The van der Waals surface area contributed by atoms with Crippen molar-refractivity contribution in [2.45, 2.75) is 287 Å². The number of carbonyl (C=O) groups is 2. The second-order valence-electron chi connectivity index (χ2n) is 23.8. The molecule has 91 heavy (non-hydrogen) atoms. The third kappa shape index (κ3) is 15.8. The minimum atomic E-state index is -2.24. The Morgan fingerprint density at radius 2 is 0.571 bits per heavy atom. The van der Waals surface area contributed by atoms with Crippen LogP contribution in [-0.2, 0) is 80.6 Å². The summed E-state index contributed by atoms with van der Waals surface area (Å²) in [6.07, 6.45) is -70.8. The van der Waals surface area contributed by atoms with Gasteiger partial charge in [0, 0.05) is 13.8 Å². The van der Waals surface area contributed by atoms with Crippen molar-refractivity contribution in [1.29, 1.82) is 0 Å². The first kappa shape index (κ1) is 74.3. The van der Waals surface area contributed by atoms with Gasteiger partial charge in [0.15, 0.2) is 50.3 Å². The molecule has 22 N–H and O–H groups in total. The standard InChI is InChI=1S/C52H88N2O37/c1-11-23(61)31(69)34(72)48(78-11)90-43-32(70)27(65)17(7-55)83-51(43)85-39-22(54-16(6)60)47(82-20(10-58)30(39)68)88-41-25(63)13(3)79-49(36(41)74)89-42-26(64)14(4)80-50(37(42)75)91-44-33(71)28(66)18(8-56)84-52(44)86-38-21(53-15(5)59)46(81-19(9-57)29(38)67)87-40-24(62)12(2)77-45(76)35(40)73/h11-14,17-52,55-58,61-76H,7-10H2,1-6H3,(H,53,59)(H,54,60)/t11-,12-,13-,14-,17+,18+,19+,20+,21+,22+,23-,24-,25-,26-,27-,28-,29+,30+,31+,32-,33-,34+,35+,36+,37+,38+,39+,40+,41+,42+,43+,44+,45-,46+,47+,48-,49-,50-,51+,52+/m0/s1. The van der Waals surface area contributed by atoms with Crippen LogP contribution in [0.5, 0.6) is 0 Å². The van der Waals surface area contributed by atoms with Gasteiger partial charge in [-0.3, -0.25) is 9.59 Å². The Morgan fingerprint density at radius 3 is 0.934 bits per heavy atom. The lowest BCUT2D eigenvalue weighted by Gasteiger charge is -2.51. The van der Waals surface area contributed by atoms with Crippen LogP contribution in [0.25, 0.3) is 0 Å². The van der Waals surface area contributed by atoms with Crippen molar-refractivity contribution < 1.29 is 183 Å². The summed E-state index contributed by atoms with van der Waals surface area (Å²) in [5, 5.41) is 225. The van der Waals surface area contributed by atoms with Crippen molar-refractivity contribution in [1.82, 2.24) is 10.6 Å². The van der Waals surface area contributed by atoms with Gasteiger partial charge in [-0.1, -0.05) is 0 Å². The van der Waals surface area contributed by atoms with Crippen LogP contribution in [0.3, 0.4) is 0 Å². The third-order valence-electron chi connectivity index (χ3n) is 17.3. The Hall–Kier alpha value is -2.46. The van der Waals surface area contributed by atoms with E-state index in [1.807, 2.05) is 0 Å². The van der Waals surface area contributed by atoms with Gasteiger partial charge in [-0.15, -0.1) is 0 Å². The maximum atomic E-state index is 13.0. The molecule has 0 aromatic carbocycles. The first-order chi connectivity index (χ1) is 42.9. The maximum Gasteiger partial charge on any atom is 0.217 e. The molecule has 39 heteroatoms. The second kappa shape index (κ2) is 31.4. The van der Waals surface area contributed by atoms with Gasteiger partial charge in [0.05, 0.1) is 50.8 Å². The van der Waals surface area contributed by atoms with Crippen LogP contribution in [0, 0.1) is 0 Å². The molecule has 8 heterocycles. The molecule has 8 saturated heterocycles. The zero-order valence-corrected chi connectivity index (χ0v) is 49.8. The number of hydrogen-bond donors (Lipinski definition) is 22. The first-order valence-electron chi connectivity index (χ1n) is 29.6. The van der Waals surface area contributed by atoms with Crippen molar-refractivity contribution in [3.8, 4) is 0 Å². The largest absolute Gasteiger partial charge is 0.394 e. The highest BCUT2D eigenvalue weighted by Crippen LogP contribution is 2.39. The molecule has 0 unspecified atom stereocenters. The Labute approximate surface area is 517 Å². The van der Waals surface area contributed by atoms with Gasteiger partial charge in [0.25, 0.3) is 0 Å². The summed E-state index contributed by atoms with van der Waals surface area (Å²) < 4.78 is 87.9. The van der Waals surface area contributed by atoms with Crippen molar-refractivity contribution in [2.24, 2.45) is 0 Å². The van der Waals surface area contributed by atoms with Gasteiger partial charge >= 0.3 is 0 Å². The molecular weight excluding hydrogens is 1240 g/mol. The molecule has 0 aliphatic carbocycles. The van der Waals surface area contributed by atoms with Gasteiger partial charge in [-0.05, 0) is 27.7 Å². The summed E-state index contributed by atoms with van der Waals surface area (Å²) >= 11 is 0. The molecule has 0 saturated carbocycles. The molecule has 0 aromatic heterocycles. The van der Waals surface area contributed by atoms with E-state index < -0.39 is 284 Å². The zero-order chi connectivity index (χ0) is 67.1. The number of amides is 2. The molecule has 8 aliphatic rings. The van der Waals surface area contributed by atoms with E-state index in [-0.39, 0.29) is 0 Å². The summed E-state index contributed by atoms with van der Waals surface area (Å²) in [5.74, 6) is -1.69. The SMILES string of the molecule is CC(=O)N[C@H]1[C@@H](O[C@@H]2[C@@H](O)[C@H](C)O[C@@H](O[C@@H]3[C@@H](O)[C@H](C)O[C@@H](O[C@H]4[C@@H](O[C@H]5[C@H](O)[C@@H](CO)O[C@H](O[C@@H]6[C@@H](O)[C@H](C)O[C@H](O)[C@@H]6O)[C@@H]5NC(C)=O)O[C@H](CO)[C@H](O)[C@@H]4O)[C@@H]3O)[C@@H]2O)O[C@H](CO)[C@@H](O)[C@@H]1O[C@H]1O[C@H](CO)[C@H](O)[C@H](O)[C@H]1O[C@@H]1O[C@@H](C)[C@H](O)[C@@H](O)[C@H]1O. The van der Waals surface area contributed by atoms with Crippen LogP contribution in [0.4, 0.5) is 0 Å². The van der Waals surface area contributed by atoms with E-state index in [2.05, 4.69) is 10.6 Å². The molecule has 8 aliphatic heterocycles. The second-order valence-corrected chi connectivity index (χ2v) is 23.8. The average Bonchev–Trinajstić information content (AvgIpc) is 0.827. The minimum Gasteiger partial charge on any atom is -0.394 e. The lowest BCUT2D eigenvalue weighted by Crippen LogP contribution is -2.70. The predicted octanol–water partition coefficient (Wildman–Crippen LogP) is -14.1. The van der Waals surface area contributed by atoms with Gasteiger partial charge in [0.2, 0.25) is 11.8 Å². The molecule has 0 aromatic rings. The normalized spacial score (nSPS) is 52.5. The van der Waals surface area contributed by atoms with Crippen molar-refractivity contribution in [3.05, 3.63) is 0 Å². The number of nitrogens with one attached hydrogen (secondary N) is 2. The quantitative estimate of drug-likeness (QED) is 0.0538. The molecule has 8 rings (SSSR count). The fourth-order valence-corrected chi connectivity index (χ4v) is 12.0. The summed E-state index contributed by atoms with van der Waals surface area (Å²) in [4.78, 5) is 25.7. The molecule has 0 spiro atoms. The van der Waals surface area contributed by atoms with Crippen LogP contribution in [-0.4, -0.2) is 386 Å². The number of aliphatic hydroxyl groups excluding tert-OH is 20. The highest BCUT2D eigenvalue weighted by Gasteiger charge is 2.60. The van der Waals surface area contributed by atoms with E-state index in [4.69, 9.17) is 71.1 Å². The van der Waals surface area contributed by atoms with E-state index in [1.165, 1.54) is 27.7 Å². The topological polar surface area (TPSA) is 601 Å². The van der Waals surface area contributed by atoms with E-state index >= 15 is 0 Å². The Balaban J connectivity index is 1.02. The fourth-order valence-electron chi connectivity index (χ4n) is 12.0. The van der Waals surface area contributed by atoms with Crippen LogP contribution in [0.15, 0.2) is 0 Å². The van der Waals surface area contributed by atoms with Gasteiger partial charge in [-0.2, -0.15) is 0 Å². The van der Waals surface area contributed by atoms with Crippen molar-refractivity contribution in [2.75, 3.05) is 26.4 Å². The molecule has 39 nitrogen and oxygen atoms in total. The fraction of sp³-hybridized carbons (Fsp3) is 0.962. The Bertz CT molecular complexity index is 2300. The number of carbonyl (C=O) groups excluding carboxylic acids is 2. The lowest BCUT2D eigenvalue weighted by molar-refractivity contribution is -0.398. The molecule has 0 radical (unpaired) electrons. The van der Waals surface area contributed by atoms with E-state index in [1.54, 1.807) is 0 Å². The summed E-state index contributed by atoms with van der Waals surface area (Å²) in [6.45, 7) is 3.22. The highest BCUT2D eigenvalue weighted by atomic mass is 16.8. The van der Waals surface area contributed by atoms with Crippen molar-refractivity contribution >= 4 is 11.8 Å². The predicted molar refractivity (Wildman–Crippen MR) is 282 cm³/mol. The molecule has 528 valence electrons. The summed E-state index contributed by atoms with van der Waals surface area (Å²) in [7, 11) is 0. The number of ether oxygens (including phenoxy) is 15. The average molecular weight is 1330 g/mol. The van der Waals surface area contributed by atoms with E-state index in [0.717, 1.165) is 13.8 Å². The van der Waals surface area contributed by atoms with Crippen molar-refractivity contribution in [3.63, 3.8) is 0 Å². The zero-order valence-electron chi connectivity index (χ0n) is 49.8. The van der Waals surface area contributed by atoms with E-state index in [0.29, 0.717) is 0 Å². The van der Waals surface area contributed by atoms with Gasteiger partial charge < -0.3 is 184 Å². The Kier molecular flexibility index (Phi) is 25.6. The number of hydrogen-bond acceptors (Lipinski definition) is 37. The monoisotopic (exact) mass is 1330 g/mol.